The van der Waals surface area contributed by atoms with E-state index in [2.05, 4.69) is 20.9 Å². The van der Waals surface area contributed by atoms with Gasteiger partial charge in [0.25, 0.3) is 0 Å². The maximum atomic E-state index is 13.0. The Morgan fingerprint density at radius 1 is 1.50 bits per heavy atom. The van der Waals surface area contributed by atoms with Crippen molar-refractivity contribution in [1.82, 2.24) is 4.98 Å². The molecule has 2 heterocycles. The summed E-state index contributed by atoms with van der Waals surface area (Å²) in [4.78, 5) is 6.15. The van der Waals surface area contributed by atoms with E-state index in [-0.39, 0.29) is 5.83 Å². The predicted molar refractivity (Wildman–Crippen MR) is 58.0 cm³/mol. The summed E-state index contributed by atoms with van der Waals surface area (Å²) >= 11 is 3.41. The van der Waals surface area contributed by atoms with Gasteiger partial charge in [0.1, 0.15) is 11.6 Å². The predicted octanol–water partition coefficient (Wildman–Crippen LogP) is 2.91. The number of hydrogen-bond acceptors (Lipinski definition) is 2. The van der Waals surface area contributed by atoms with Crippen molar-refractivity contribution in [2.45, 2.75) is 6.42 Å². The number of aromatic nitrogens is 1. The highest BCUT2D eigenvalue weighted by Crippen LogP contribution is 2.25. The Bertz CT molecular complexity index is 365. The van der Waals surface area contributed by atoms with Gasteiger partial charge >= 0.3 is 0 Å². The molecule has 0 aromatic carbocycles. The molecule has 0 atom stereocenters. The lowest BCUT2D eigenvalue weighted by Crippen LogP contribution is -2.29. The Morgan fingerprint density at radius 3 is 3.07 bits per heavy atom. The van der Waals surface area contributed by atoms with Crippen molar-refractivity contribution in [2.75, 3.05) is 18.0 Å². The normalized spacial score (nSPS) is 16.7. The molecule has 0 amide bonds. The molecule has 0 saturated carbocycles. The van der Waals surface area contributed by atoms with Crippen LogP contribution >= 0.6 is 15.9 Å². The Kier molecular flexibility index (Phi) is 2.82. The molecule has 1 aliphatic rings. The van der Waals surface area contributed by atoms with Crippen LogP contribution < -0.4 is 4.90 Å². The van der Waals surface area contributed by atoms with Crippen molar-refractivity contribution >= 4 is 21.7 Å². The van der Waals surface area contributed by atoms with Gasteiger partial charge in [-0.25, -0.2) is 9.37 Å². The summed E-state index contributed by atoms with van der Waals surface area (Å²) in [5, 5.41) is 0. The number of pyridine rings is 1. The van der Waals surface area contributed by atoms with Gasteiger partial charge in [-0.15, -0.1) is 0 Å². The van der Waals surface area contributed by atoms with Crippen LogP contribution in [-0.4, -0.2) is 18.1 Å². The first-order chi connectivity index (χ1) is 6.77. The summed E-state index contributed by atoms with van der Waals surface area (Å²) in [5.74, 6) is 0.740. The largest absolute Gasteiger partial charge is 0.349 e. The Labute approximate surface area is 90.6 Å². The van der Waals surface area contributed by atoms with Gasteiger partial charge in [0, 0.05) is 12.7 Å². The Hall–Kier alpha value is -0.900. The molecule has 0 fully saturated rings. The third-order valence-electron chi connectivity index (χ3n) is 2.15. The molecule has 0 unspecified atom stereocenters. The number of hydrogen-bond donors (Lipinski definition) is 0. The first kappa shape index (κ1) is 9.65. The lowest BCUT2D eigenvalue weighted by atomic mass is 10.2. The van der Waals surface area contributed by atoms with Crippen molar-refractivity contribution in [3.63, 3.8) is 0 Å². The van der Waals surface area contributed by atoms with Crippen LogP contribution in [0.3, 0.4) is 0 Å². The molecule has 0 radical (unpaired) electrons. The van der Waals surface area contributed by atoms with Crippen molar-refractivity contribution in [1.29, 1.82) is 0 Å². The number of nitrogens with zero attached hydrogens (tertiary/aromatic N) is 2. The third kappa shape index (κ3) is 1.95. The van der Waals surface area contributed by atoms with Crippen LogP contribution in [-0.2, 0) is 0 Å². The molecule has 1 aromatic rings. The molecule has 0 aliphatic carbocycles. The second kappa shape index (κ2) is 4.09. The molecule has 0 N–H and O–H groups in total. The van der Waals surface area contributed by atoms with Gasteiger partial charge in [-0.3, -0.25) is 0 Å². The molecule has 0 spiro atoms. The Balaban J connectivity index is 2.24. The van der Waals surface area contributed by atoms with Gasteiger partial charge in [-0.05, 0) is 40.6 Å². The van der Waals surface area contributed by atoms with E-state index in [0.717, 1.165) is 23.3 Å². The van der Waals surface area contributed by atoms with Crippen LogP contribution in [0.4, 0.5) is 10.2 Å². The average Bonchev–Trinajstić information content (AvgIpc) is 2.18. The van der Waals surface area contributed by atoms with Crippen molar-refractivity contribution < 1.29 is 4.39 Å². The van der Waals surface area contributed by atoms with Crippen LogP contribution in [0.1, 0.15) is 6.42 Å². The Morgan fingerprint density at radius 2 is 2.36 bits per heavy atom. The van der Waals surface area contributed by atoms with Crippen LogP contribution in [0.25, 0.3) is 0 Å². The first-order valence-electron chi connectivity index (χ1n) is 4.47. The van der Waals surface area contributed by atoms with Crippen LogP contribution in [0, 0.1) is 0 Å². The van der Waals surface area contributed by atoms with Gasteiger partial charge in [-0.2, -0.15) is 0 Å². The number of rotatable bonds is 1. The van der Waals surface area contributed by atoms with Crippen LogP contribution in [0.15, 0.2) is 34.7 Å². The average molecular weight is 257 g/mol. The van der Waals surface area contributed by atoms with Gasteiger partial charge in [0.05, 0.1) is 11.0 Å². The van der Waals surface area contributed by atoms with Gasteiger partial charge in [0.2, 0.25) is 0 Å². The highest BCUT2D eigenvalue weighted by molar-refractivity contribution is 9.10. The highest BCUT2D eigenvalue weighted by Gasteiger charge is 2.15. The lowest BCUT2D eigenvalue weighted by molar-refractivity contribution is 0.572. The molecular weight excluding hydrogens is 247 g/mol. The van der Waals surface area contributed by atoms with Crippen molar-refractivity contribution in [3.8, 4) is 0 Å². The zero-order valence-electron chi connectivity index (χ0n) is 7.58. The smallest absolute Gasteiger partial charge is 0.143 e. The molecule has 2 rings (SSSR count). The molecule has 1 aromatic heterocycles. The number of halogens is 2. The van der Waals surface area contributed by atoms with Crippen LogP contribution in [0.5, 0.6) is 0 Å². The molecule has 2 nitrogen and oxygen atoms in total. The lowest BCUT2D eigenvalue weighted by Gasteiger charge is -2.26. The molecule has 0 saturated heterocycles. The maximum Gasteiger partial charge on any atom is 0.143 e. The van der Waals surface area contributed by atoms with Crippen molar-refractivity contribution in [2.24, 2.45) is 0 Å². The van der Waals surface area contributed by atoms with E-state index in [9.17, 15) is 4.39 Å². The van der Waals surface area contributed by atoms with E-state index in [1.165, 1.54) is 0 Å². The topological polar surface area (TPSA) is 16.1 Å². The minimum Gasteiger partial charge on any atom is -0.349 e. The standard InChI is InChI=1S/C10H10BrFN2/c11-9-4-1-5-13-10(9)14-6-2-3-8(12)7-14/h1,3-5H,2,6-7H2. The van der Waals surface area contributed by atoms with Gasteiger partial charge in [-0.1, -0.05) is 0 Å². The number of anilines is 1. The summed E-state index contributed by atoms with van der Waals surface area (Å²) in [6, 6.07) is 3.77. The molecular formula is C10H10BrFN2. The fourth-order valence-electron chi connectivity index (χ4n) is 1.49. The van der Waals surface area contributed by atoms with E-state index in [4.69, 9.17) is 0 Å². The third-order valence-corrected chi connectivity index (χ3v) is 2.76. The molecule has 4 heteroatoms. The van der Waals surface area contributed by atoms with E-state index >= 15 is 0 Å². The molecule has 14 heavy (non-hydrogen) atoms. The highest BCUT2D eigenvalue weighted by atomic mass is 79.9. The van der Waals surface area contributed by atoms with Crippen molar-refractivity contribution in [3.05, 3.63) is 34.7 Å². The SMILES string of the molecule is FC1=CCCN(c2ncccc2Br)C1. The van der Waals surface area contributed by atoms with E-state index in [1.54, 1.807) is 12.3 Å². The summed E-state index contributed by atoms with van der Waals surface area (Å²) in [6.07, 6.45) is 4.10. The summed E-state index contributed by atoms with van der Waals surface area (Å²) in [5.41, 5.74) is 0. The monoisotopic (exact) mass is 256 g/mol. The molecule has 1 aliphatic heterocycles. The maximum absolute atomic E-state index is 13.0. The second-order valence-corrected chi connectivity index (χ2v) is 4.02. The van der Waals surface area contributed by atoms with E-state index in [0.29, 0.717) is 6.54 Å². The molecule has 0 bridgehead atoms. The summed E-state index contributed by atoms with van der Waals surface area (Å²) in [6.45, 7) is 1.15. The summed E-state index contributed by atoms with van der Waals surface area (Å²) in [7, 11) is 0. The fraction of sp³-hybridized carbons (Fsp3) is 0.300. The van der Waals surface area contributed by atoms with Gasteiger partial charge < -0.3 is 4.90 Å². The van der Waals surface area contributed by atoms with Crippen LogP contribution in [0.2, 0.25) is 0 Å². The molecule has 74 valence electrons. The summed E-state index contributed by atoms with van der Waals surface area (Å²) < 4.78 is 13.9. The minimum atomic E-state index is -0.0752. The fourth-order valence-corrected chi connectivity index (χ4v) is 2.00. The zero-order chi connectivity index (χ0) is 9.97. The second-order valence-electron chi connectivity index (χ2n) is 3.17. The van der Waals surface area contributed by atoms with Gasteiger partial charge in [0.15, 0.2) is 0 Å². The minimum absolute atomic E-state index is 0.0752. The zero-order valence-corrected chi connectivity index (χ0v) is 9.17. The van der Waals surface area contributed by atoms with E-state index < -0.39 is 0 Å². The first-order valence-corrected chi connectivity index (χ1v) is 5.26. The van der Waals surface area contributed by atoms with E-state index in [1.807, 2.05) is 17.0 Å². The quantitative estimate of drug-likeness (QED) is 0.769.